The second-order valence-corrected chi connectivity index (χ2v) is 3.63. The van der Waals surface area contributed by atoms with Gasteiger partial charge in [-0.1, -0.05) is 5.16 Å². The van der Waals surface area contributed by atoms with Crippen molar-refractivity contribution in [3.8, 4) is 0 Å². The zero-order valence-corrected chi connectivity index (χ0v) is 7.97. The van der Waals surface area contributed by atoms with Gasteiger partial charge in [-0.25, -0.2) is 0 Å². The Kier molecular flexibility index (Phi) is 2.49. The van der Waals surface area contributed by atoms with Gasteiger partial charge in [0.25, 0.3) is 0 Å². The molecule has 0 spiro atoms. The monoisotopic (exact) mass is 198 g/mol. The van der Waals surface area contributed by atoms with E-state index in [1.165, 1.54) is 0 Å². The molecule has 0 aliphatic carbocycles. The van der Waals surface area contributed by atoms with Crippen molar-refractivity contribution < 1.29 is 9.63 Å². The standard InChI is InChI=1S/C8H14N4O2/c1-4(9)7-11-8(14-12-7)6-2-5(13)3-10-6/h4-6,10,13H,2-3,9H2,1H3/t4?,5-,6-/m1/s1. The number of β-amino-alcohol motifs (C(OH)–C–C–N with tert-alkyl or cyclic N) is 1. The first-order valence-corrected chi connectivity index (χ1v) is 4.67. The highest BCUT2D eigenvalue weighted by Gasteiger charge is 2.28. The van der Waals surface area contributed by atoms with E-state index in [0.29, 0.717) is 24.7 Å². The second-order valence-electron chi connectivity index (χ2n) is 3.63. The molecule has 1 aromatic rings. The van der Waals surface area contributed by atoms with E-state index in [2.05, 4.69) is 15.5 Å². The highest BCUT2D eigenvalue weighted by Crippen LogP contribution is 2.22. The summed E-state index contributed by atoms with van der Waals surface area (Å²) in [5, 5.41) is 16.1. The van der Waals surface area contributed by atoms with Gasteiger partial charge >= 0.3 is 0 Å². The number of aromatic nitrogens is 2. The van der Waals surface area contributed by atoms with Crippen LogP contribution in [0.1, 0.15) is 37.1 Å². The molecule has 1 aliphatic rings. The Balaban J connectivity index is 2.09. The molecular weight excluding hydrogens is 184 g/mol. The van der Waals surface area contributed by atoms with Crippen LogP contribution in [0.3, 0.4) is 0 Å². The van der Waals surface area contributed by atoms with Crippen LogP contribution in [0, 0.1) is 0 Å². The molecular formula is C8H14N4O2. The van der Waals surface area contributed by atoms with Crippen LogP contribution in [0.4, 0.5) is 0 Å². The first-order valence-electron chi connectivity index (χ1n) is 4.67. The predicted octanol–water partition coefficient (Wildman–Crippen LogP) is -0.515. The molecule has 1 aromatic heterocycles. The Morgan fingerprint density at radius 3 is 3.00 bits per heavy atom. The van der Waals surface area contributed by atoms with Gasteiger partial charge in [0.2, 0.25) is 5.89 Å². The average molecular weight is 198 g/mol. The van der Waals surface area contributed by atoms with E-state index in [9.17, 15) is 5.11 Å². The van der Waals surface area contributed by atoms with Gasteiger partial charge in [0.05, 0.1) is 18.2 Å². The molecule has 6 heteroatoms. The topological polar surface area (TPSA) is 97.2 Å². The van der Waals surface area contributed by atoms with Crippen molar-refractivity contribution >= 4 is 0 Å². The van der Waals surface area contributed by atoms with E-state index in [4.69, 9.17) is 10.3 Å². The van der Waals surface area contributed by atoms with Gasteiger partial charge in [-0.3, -0.25) is 0 Å². The summed E-state index contributed by atoms with van der Waals surface area (Å²) < 4.78 is 5.04. The lowest BCUT2D eigenvalue weighted by Gasteiger charge is -2.01. The molecule has 0 amide bonds. The molecule has 2 heterocycles. The molecule has 1 saturated heterocycles. The van der Waals surface area contributed by atoms with Gasteiger partial charge in [-0.15, -0.1) is 0 Å². The summed E-state index contributed by atoms with van der Waals surface area (Å²) in [6, 6.07) is -0.260. The third-order valence-corrected chi connectivity index (χ3v) is 2.27. The number of nitrogens with zero attached hydrogens (tertiary/aromatic N) is 2. The third-order valence-electron chi connectivity index (χ3n) is 2.27. The van der Waals surface area contributed by atoms with Crippen LogP contribution in [0.25, 0.3) is 0 Å². The molecule has 0 aromatic carbocycles. The smallest absolute Gasteiger partial charge is 0.243 e. The van der Waals surface area contributed by atoms with Crippen molar-refractivity contribution in [2.75, 3.05) is 6.54 Å². The molecule has 0 radical (unpaired) electrons. The van der Waals surface area contributed by atoms with Crippen molar-refractivity contribution in [1.82, 2.24) is 15.5 Å². The molecule has 2 rings (SSSR count). The van der Waals surface area contributed by atoms with E-state index in [0.717, 1.165) is 0 Å². The van der Waals surface area contributed by atoms with Gasteiger partial charge in [-0.05, 0) is 13.3 Å². The van der Waals surface area contributed by atoms with Crippen LogP contribution in [-0.2, 0) is 0 Å². The zero-order valence-electron chi connectivity index (χ0n) is 7.97. The fraction of sp³-hybridized carbons (Fsp3) is 0.750. The third kappa shape index (κ3) is 1.77. The molecule has 0 bridgehead atoms. The highest BCUT2D eigenvalue weighted by molar-refractivity contribution is 4.99. The van der Waals surface area contributed by atoms with Crippen molar-refractivity contribution in [3.05, 3.63) is 11.7 Å². The van der Waals surface area contributed by atoms with E-state index in [1.807, 2.05) is 0 Å². The zero-order chi connectivity index (χ0) is 10.1. The summed E-state index contributed by atoms with van der Waals surface area (Å²) in [6.07, 6.45) is 0.284. The lowest BCUT2D eigenvalue weighted by molar-refractivity contribution is 0.191. The lowest BCUT2D eigenvalue weighted by Crippen LogP contribution is -2.15. The van der Waals surface area contributed by atoms with E-state index in [1.54, 1.807) is 6.92 Å². The Morgan fingerprint density at radius 2 is 2.50 bits per heavy atom. The van der Waals surface area contributed by atoms with Crippen molar-refractivity contribution in [3.63, 3.8) is 0 Å². The Hall–Kier alpha value is -0.980. The number of aliphatic hydroxyl groups is 1. The molecule has 4 N–H and O–H groups in total. The Bertz CT molecular complexity index is 312. The van der Waals surface area contributed by atoms with Crippen LogP contribution in [0.2, 0.25) is 0 Å². The normalized spacial score (nSPS) is 29.4. The fourth-order valence-corrected chi connectivity index (χ4v) is 1.48. The van der Waals surface area contributed by atoms with Gasteiger partial charge in [0.1, 0.15) is 0 Å². The van der Waals surface area contributed by atoms with Gasteiger partial charge in [0, 0.05) is 6.54 Å². The molecule has 1 unspecified atom stereocenters. The van der Waals surface area contributed by atoms with Crippen molar-refractivity contribution in [2.45, 2.75) is 31.5 Å². The predicted molar refractivity (Wildman–Crippen MR) is 48.3 cm³/mol. The number of nitrogens with one attached hydrogen (secondary N) is 1. The molecule has 6 nitrogen and oxygen atoms in total. The fourth-order valence-electron chi connectivity index (χ4n) is 1.48. The maximum absolute atomic E-state index is 9.30. The highest BCUT2D eigenvalue weighted by atomic mass is 16.5. The minimum atomic E-state index is -0.328. The number of aliphatic hydroxyl groups excluding tert-OH is 1. The van der Waals surface area contributed by atoms with Crippen molar-refractivity contribution in [1.29, 1.82) is 0 Å². The molecule has 1 fully saturated rings. The van der Waals surface area contributed by atoms with E-state index < -0.39 is 0 Å². The summed E-state index contributed by atoms with van der Waals surface area (Å²) in [7, 11) is 0. The van der Waals surface area contributed by atoms with Crippen LogP contribution < -0.4 is 11.1 Å². The number of hydrogen-bond acceptors (Lipinski definition) is 6. The number of nitrogens with two attached hydrogens (primary N) is 1. The van der Waals surface area contributed by atoms with Crippen LogP contribution in [0.5, 0.6) is 0 Å². The summed E-state index contributed by atoms with van der Waals surface area (Å²) >= 11 is 0. The maximum Gasteiger partial charge on any atom is 0.243 e. The summed E-state index contributed by atoms with van der Waals surface area (Å²) in [6.45, 7) is 2.37. The Labute approximate surface area is 81.5 Å². The second kappa shape index (κ2) is 3.64. The van der Waals surface area contributed by atoms with E-state index >= 15 is 0 Å². The number of hydrogen-bond donors (Lipinski definition) is 3. The maximum atomic E-state index is 9.30. The van der Waals surface area contributed by atoms with Crippen LogP contribution in [0.15, 0.2) is 4.52 Å². The minimum Gasteiger partial charge on any atom is -0.392 e. The quantitative estimate of drug-likeness (QED) is 0.592. The Morgan fingerprint density at radius 1 is 1.71 bits per heavy atom. The number of rotatable bonds is 2. The molecule has 14 heavy (non-hydrogen) atoms. The van der Waals surface area contributed by atoms with Gasteiger partial charge in [0.15, 0.2) is 5.82 Å². The molecule has 78 valence electrons. The average Bonchev–Trinajstić information content (AvgIpc) is 2.70. The summed E-state index contributed by atoms with van der Waals surface area (Å²) in [5.41, 5.74) is 5.60. The summed E-state index contributed by atoms with van der Waals surface area (Å²) in [5.74, 6) is 1.01. The first-order chi connectivity index (χ1) is 6.66. The first kappa shape index (κ1) is 9.57. The van der Waals surface area contributed by atoms with Crippen LogP contribution in [-0.4, -0.2) is 27.9 Å². The molecule has 0 saturated carbocycles. The largest absolute Gasteiger partial charge is 0.392 e. The van der Waals surface area contributed by atoms with Crippen LogP contribution >= 0.6 is 0 Å². The van der Waals surface area contributed by atoms with E-state index in [-0.39, 0.29) is 18.2 Å². The van der Waals surface area contributed by atoms with Gasteiger partial charge in [-0.2, -0.15) is 4.98 Å². The molecule has 3 atom stereocenters. The summed E-state index contributed by atoms with van der Waals surface area (Å²) in [4.78, 5) is 4.15. The lowest BCUT2D eigenvalue weighted by atomic mass is 10.2. The van der Waals surface area contributed by atoms with Gasteiger partial charge < -0.3 is 20.7 Å². The minimum absolute atomic E-state index is 0.0370. The SMILES string of the molecule is CC(N)c1noc([C@H]2C[C@@H](O)CN2)n1. The van der Waals surface area contributed by atoms with Crippen molar-refractivity contribution in [2.24, 2.45) is 5.73 Å². The molecule has 1 aliphatic heterocycles.